The van der Waals surface area contributed by atoms with Gasteiger partial charge in [0.05, 0.1) is 11.1 Å². The van der Waals surface area contributed by atoms with Gasteiger partial charge >= 0.3 is 0 Å². The summed E-state index contributed by atoms with van der Waals surface area (Å²) in [5.41, 5.74) is 2.58. The second kappa shape index (κ2) is 7.46. The van der Waals surface area contributed by atoms with Crippen molar-refractivity contribution in [2.45, 2.75) is 0 Å². The predicted molar refractivity (Wildman–Crippen MR) is 83.8 cm³/mol. The van der Waals surface area contributed by atoms with Crippen LogP contribution < -0.4 is 5.43 Å². The average molecular weight is 312 g/mol. The van der Waals surface area contributed by atoms with E-state index in [4.69, 9.17) is 5.21 Å². The van der Waals surface area contributed by atoms with E-state index in [2.05, 4.69) is 15.7 Å². The largest absolute Gasteiger partial charge is 0.411 e. The molecule has 0 saturated carbocycles. The molecule has 0 atom stereocenters. The third-order valence-electron chi connectivity index (χ3n) is 2.87. The van der Waals surface area contributed by atoms with Crippen molar-refractivity contribution in [3.8, 4) is 0 Å². The first-order valence-corrected chi connectivity index (χ1v) is 6.48. The van der Waals surface area contributed by atoms with Gasteiger partial charge in [-0.25, -0.2) is 5.43 Å². The summed E-state index contributed by atoms with van der Waals surface area (Å²) in [6, 6.07) is 14.2. The number of nitro groups is 1. The van der Waals surface area contributed by atoms with Gasteiger partial charge in [-0.1, -0.05) is 47.6 Å². The number of nitrogens with zero attached hydrogens (tertiary/aromatic N) is 3. The van der Waals surface area contributed by atoms with Gasteiger partial charge in [-0.3, -0.25) is 14.9 Å². The van der Waals surface area contributed by atoms with Crippen LogP contribution in [0, 0.1) is 10.1 Å². The molecule has 8 nitrogen and oxygen atoms in total. The minimum absolute atomic E-state index is 0.116. The van der Waals surface area contributed by atoms with E-state index < -0.39 is 10.8 Å². The number of nitrogens with one attached hydrogen (secondary N) is 1. The van der Waals surface area contributed by atoms with Gasteiger partial charge in [0.25, 0.3) is 11.6 Å². The van der Waals surface area contributed by atoms with Gasteiger partial charge in [0.2, 0.25) is 0 Å². The van der Waals surface area contributed by atoms with Gasteiger partial charge in [0.15, 0.2) is 0 Å². The normalized spacial score (nSPS) is 11.4. The lowest BCUT2D eigenvalue weighted by atomic mass is 10.1. The number of oxime groups is 1. The maximum absolute atomic E-state index is 12.1. The standard InChI is InChI=1S/C15H12N4O4/c20-15(12-8-4-5-9-14(12)19(22)23)18-17-13(10-16-21)11-6-2-1-3-7-11/h1-10,21H,(H,18,20). The minimum atomic E-state index is -0.739. The zero-order chi connectivity index (χ0) is 16.7. The van der Waals surface area contributed by atoms with Crippen molar-refractivity contribution in [2.75, 3.05) is 0 Å². The van der Waals surface area contributed by atoms with Gasteiger partial charge in [-0.2, -0.15) is 5.10 Å². The fourth-order valence-corrected chi connectivity index (χ4v) is 1.83. The number of carbonyl (C=O) groups is 1. The Kier molecular flexibility index (Phi) is 5.13. The van der Waals surface area contributed by atoms with Crippen LogP contribution in [0.3, 0.4) is 0 Å². The van der Waals surface area contributed by atoms with Crippen LogP contribution in [-0.4, -0.2) is 28.0 Å². The second-order valence-corrected chi connectivity index (χ2v) is 4.32. The van der Waals surface area contributed by atoms with Crippen LogP contribution in [0.15, 0.2) is 64.9 Å². The van der Waals surface area contributed by atoms with E-state index in [9.17, 15) is 14.9 Å². The molecular weight excluding hydrogens is 300 g/mol. The zero-order valence-corrected chi connectivity index (χ0v) is 11.8. The molecule has 2 aromatic rings. The number of para-hydroxylation sites is 1. The summed E-state index contributed by atoms with van der Waals surface area (Å²) in [6.07, 6.45) is 1.05. The first kappa shape index (κ1) is 15.8. The molecule has 0 bridgehead atoms. The molecule has 2 rings (SSSR count). The van der Waals surface area contributed by atoms with Crippen molar-refractivity contribution in [1.29, 1.82) is 0 Å². The molecule has 0 aliphatic rings. The second-order valence-electron chi connectivity index (χ2n) is 4.32. The van der Waals surface area contributed by atoms with Crippen LogP contribution in [0.4, 0.5) is 5.69 Å². The summed E-state index contributed by atoms with van der Waals surface area (Å²) in [5.74, 6) is -0.739. The molecule has 0 fully saturated rings. The third-order valence-corrected chi connectivity index (χ3v) is 2.87. The van der Waals surface area contributed by atoms with Gasteiger partial charge in [0, 0.05) is 11.6 Å². The van der Waals surface area contributed by atoms with Crippen LogP contribution in [0.1, 0.15) is 15.9 Å². The SMILES string of the molecule is O=C(NN=C(C=NO)c1ccccc1)c1ccccc1[N+](=O)[O-]. The smallest absolute Gasteiger partial charge is 0.282 e. The van der Waals surface area contributed by atoms with E-state index in [1.807, 2.05) is 0 Å². The van der Waals surface area contributed by atoms with Gasteiger partial charge in [0.1, 0.15) is 11.3 Å². The number of hydrazone groups is 1. The molecule has 0 saturated heterocycles. The summed E-state index contributed by atoms with van der Waals surface area (Å²) in [7, 11) is 0. The average Bonchev–Trinajstić information content (AvgIpc) is 2.59. The number of benzene rings is 2. The maximum atomic E-state index is 12.1. The fraction of sp³-hybridized carbons (Fsp3) is 0. The van der Waals surface area contributed by atoms with Gasteiger partial charge in [-0.15, -0.1) is 0 Å². The lowest BCUT2D eigenvalue weighted by molar-refractivity contribution is -0.385. The molecule has 0 heterocycles. The Hall–Kier alpha value is -3.55. The summed E-state index contributed by atoms with van der Waals surface area (Å²) >= 11 is 0. The quantitative estimate of drug-likeness (QED) is 0.381. The van der Waals surface area contributed by atoms with Crippen molar-refractivity contribution >= 4 is 23.5 Å². The van der Waals surface area contributed by atoms with Gasteiger partial charge in [-0.05, 0) is 6.07 Å². The van der Waals surface area contributed by atoms with Crippen LogP contribution in [0.25, 0.3) is 0 Å². The minimum Gasteiger partial charge on any atom is -0.411 e. The zero-order valence-electron chi connectivity index (χ0n) is 11.8. The monoisotopic (exact) mass is 312 g/mol. The van der Waals surface area contributed by atoms with Crippen molar-refractivity contribution in [3.63, 3.8) is 0 Å². The maximum Gasteiger partial charge on any atom is 0.282 e. The van der Waals surface area contributed by atoms with Gasteiger partial charge < -0.3 is 5.21 Å². The first-order chi connectivity index (χ1) is 11.1. The molecule has 1 amide bonds. The van der Waals surface area contributed by atoms with Crippen molar-refractivity contribution in [1.82, 2.24) is 5.43 Å². The van der Waals surface area contributed by atoms with Crippen molar-refractivity contribution < 1.29 is 14.9 Å². The highest BCUT2D eigenvalue weighted by atomic mass is 16.6. The number of hydrogen-bond donors (Lipinski definition) is 2. The highest BCUT2D eigenvalue weighted by molar-refractivity contribution is 6.38. The number of carbonyl (C=O) groups excluding carboxylic acids is 1. The van der Waals surface area contributed by atoms with E-state index in [0.717, 1.165) is 6.21 Å². The van der Waals surface area contributed by atoms with Crippen LogP contribution >= 0.6 is 0 Å². The molecule has 0 aliphatic carbocycles. The number of rotatable bonds is 5. The number of amides is 1. The van der Waals surface area contributed by atoms with E-state index in [0.29, 0.717) is 5.56 Å². The lowest BCUT2D eigenvalue weighted by Gasteiger charge is -2.03. The molecular formula is C15H12N4O4. The number of hydrogen-bond acceptors (Lipinski definition) is 6. The van der Waals surface area contributed by atoms with Crippen molar-refractivity contribution in [2.24, 2.45) is 10.3 Å². The Morgan fingerprint density at radius 3 is 2.43 bits per heavy atom. The molecule has 0 aliphatic heterocycles. The van der Waals surface area contributed by atoms with E-state index in [1.165, 1.54) is 24.3 Å². The third kappa shape index (κ3) is 3.97. The topological polar surface area (TPSA) is 117 Å². The molecule has 2 N–H and O–H groups in total. The molecule has 116 valence electrons. The molecule has 0 unspecified atom stereocenters. The van der Waals surface area contributed by atoms with E-state index >= 15 is 0 Å². The molecule has 0 spiro atoms. The van der Waals surface area contributed by atoms with Crippen LogP contribution in [0.5, 0.6) is 0 Å². The number of nitro benzene ring substituents is 1. The Bertz CT molecular complexity index is 772. The summed E-state index contributed by atoms with van der Waals surface area (Å²) < 4.78 is 0. The Labute approximate surface area is 130 Å². The highest BCUT2D eigenvalue weighted by Gasteiger charge is 2.18. The molecule has 23 heavy (non-hydrogen) atoms. The van der Waals surface area contributed by atoms with Crippen LogP contribution in [0.2, 0.25) is 0 Å². The first-order valence-electron chi connectivity index (χ1n) is 6.48. The van der Waals surface area contributed by atoms with E-state index in [1.54, 1.807) is 30.3 Å². The van der Waals surface area contributed by atoms with Crippen molar-refractivity contribution in [3.05, 3.63) is 75.8 Å². The highest BCUT2D eigenvalue weighted by Crippen LogP contribution is 2.17. The molecule has 0 radical (unpaired) electrons. The fourth-order valence-electron chi connectivity index (χ4n) is 1.83. The Balaban J connectivity index is 2.27. The molecule has 8 heteroatoms. The lowest BCUT2D eigenvalue weighted by Crippen LogP contribution is -2.21. The molecule has 0 aromatic heterocycles. The van der Waals surface area contributed by atoms with Crippen LogP contribution in [-0.2, 0) is 0 Å². The summed E-state index contributed by atoms with van der Waals surface area (Å²) in [4.78, 5) is 22.4. The Morgan fingerprint density at radius 1 is 1.13 bits per heavy atom. The summed E-state index contributed by atoms with van der Waals surface area (Å²) in [6.45, 7) is 0. The Morgan fingerprint density at radius 2 is 1.78 bits per heavy atom. The summed E-state index contributed by atoms with van der Waals surface area (Å²) in [5, 5.41) is 26.3. The molecule has 2 aromatic carbocycles. The predicted octanol–water partition coefficient (Wildman–Crippen LogP) is 2.19. The van der Waals surface area contributed by atoms with E-state index in [-0.39, 0.29) is 17.0 Å².